The summed E-state index contributed by atoms with van der Waals surface area (Å²) < 4.78 is 48.7. The fraction of sp³-hybridized carbons (Fsp3) is 0.250. The Labute approximate surface area is 115 Å². The summed E-state index contributed by atoms with van der Waals surface area (Å²) in [5.41, 5.74) is 0. The molecule has 1 heterocycles. The average molecular weight is 300 g/mol. The van der Waals surface area contributed by atoms with Gasteiger partial charge in [0.1, 0.15) is 18.1 Å². The number of aromatic nitrogens is 1. The van der Waals surface area contributed by atoms with Gasteiger partial charge in [0, 0.05) is 6.07 Å². The Bertz CT molecular complexity index is 684. The molecular weight excluding hydrogens is 287 g/mol. The molecule has 108 valence electrons. The average Bonchev–Trinajstić information content (AvgIpc) is 2.76. The number of benzene rings is 1. The zero-order valence-corrected chi connectivity index (χ0v) is 11.5. The first-order chi connectivity index (χ1) is 9.46. The van der Waals surface area contributed by atoms with Gasteiger partial charge in [0.2, 0.25) is 10.0 Å². The van der Waals surface area contributed by atoms with Gasteiger partial charge < -0.3 is 9.26 Å². The van der Waals surface area contributed by atoms with E-state index in [-0.39, 0.29) is 23.9 Å². The van der Waals surface area contributed by atoms with Gasteiger partial charge in [-0.2, -0.15) is 0 Å². The number of halogens is 1. The minimum absolute atomic E-state index is 0.0139. The van der Waals surface area contributed by atoms with Crippen LogP contribution in [0.15, 0.2) is 34.9 Å². The SMILES string of the molecule is Cc1cc(NS(=O)(=O)CCOc2ccccc2F)no1. The summed E-state index contributed by atoms with van der Waals surface area (Å²) in [4.78, 5) is 0. The highest BCUT2D eigenvalue weighted by Gasteiger charge is 2.13. The molecule has 0 radical (unpaired) electrons. The van der Waals surface area contributed by atoms with Crippen molar-refractivity contribution in [3.05, 3.63) is 41.9 Å². The zero-order valence-electron chi connectivity index (χ0n) is 10.7. The molecule has 2 rings (SSSR count). The number of hydrogen-bond donors (Lipinski definition) is 1. The van der Waals surface area contributed by atoms with Crippen LogP contribution >= 0.6 is 0 Å². The van der Waals surface area contributed by atoms with Crippen LogP contribution in [-0.4, -0.2) is 25.9 Å². The maximum Gasteiger partial charge on any atom is 0.237 e. The lowest BCUT2D eigenvalue weighted by molar-refractivity contribution is 0.322. The maximum atomic E-state index is 13.2. The second-order valence-electron chi connectivity index (χ2n) is 4.02. The van der Waals surface area contributed by atoms with E-state index in [0.717, 1.165) is 0 Å². The monoisotopic (exact) mass is 300 g/mol. The molecule has 0 aliphatic rings. The number of nitrogens with zero attached hydrogens (tertiary/aromatic N) is 1. The van der Waals surface area contributed by atoms with E-state index in [1.165, 1.54) is 24.3 Å². The predicted molar refractivity (Wildman–Crippen MR) is 70.5 cm³/mol. The second kappa shape index (κ2) is 5.91. The number of aryl methyl sites for hydroxylation is 1. The zero-order chi connectivity index (χ0) is 14.6. The van der Waals surface area contributed by atoms with Crippen molar-refractivity contribution in [1.82, 2.24) is 5.16 Å². The third-order valence-corrected chi connectivity index (χ3v) is 3.56. The maximum absolute atomic E-state index is 13.2. The number of sulfonamides is 1. The highest BCUT2D eigenvalue weighted by Crippen LogP contribution is 2.15. The molecule has 6 nitrogen and oxygen atoms in total. The first-order valence-electron chi connectivity index (χ1n) is 5.77. The Balaban J connectivity index is 1.88. The molecule has 1 aromatic carbocycles. The molecule has 0 aliphatic heterocycles. The number of para-hydroxylation sites is 1. The quantitative estimate of drug-likeness (QED) is 0.881. The van der Waals surface area contributed by atoms with E-state index >= 15 is 0 Å². The van der Waals surface area contributed by atoms with Gasteiger partial charge in [-0.25, -0.2) is 12.8 Å². The van der Waals surface area contributed by atoms with E-state index in [4.69, 9.17) is 9.26 Å². The molecule has 0 fully saturated rings. The minimum atomic E-state index is -3.62. The van der Waals surface area contributed by atoms with Crippen molar-refractivity contribution >= 4 is 15.8 Å². The summed E-state index contributed by atoms with van der Waals surface area (Å²) in [5.74, 6) is -0.253. The van der Waals surface area contributed by atoms with E-state index < -0.39 is 15.8 Å². The molecule has 0 saturated heterocycles. The molecule has 0 spiro atoms. The standard InChI is InChI=1S/C12H13FN2O4S/c1-9-8-12(14-19-9)15-20(16,17)7-6-18-11-5-3-2-4-10(11)13/h2-5,8H,6-7H2,1H3,(H,14,15). The van der Waals surface area contributed by atoms with Crippen molar-refractivity contribution in [1.29, 1.82) is 0 Å². The van der Waals surface area contributed by atoms with Gasteiger partial charge in [-0.1, -0.05) is 17.3 Å². The summed E-state index contributed by atoms with van der Waals surface area (Å²) in [7, 11) is -3.62. The molecule has 1 aromatic heterocycles. The Morgan fingerprint density at radius 3 is 2.80 bits per heavy atom. The van der Waals surface area contributed by atoms with Crippen LogP contribution in [0.4, 0.5) is 10.2 Å². The highest BCUT2D eigenvalue weighted by molar-refractivity contribution is 7.92. The van der Waals surface area contributed by atoms with Gasteiger partial charge in [0.25, 0.3) is 0 Å². The van der Waals surface area contributed by atoms with Crippen LogP contribution < -0.4 is 9.46 Å². The summed E-state index contributed by atoms with van der Waals surface area (Å²) >= 11 is 0. The van der Waals surface area contributed by atoms with Crippen LogP contribution in [0.1, 0.15) is 5.76 Å². The number of ether oxygens (including phenoxy) is 1. The normalized spacial score (nSPS) is 11.3. The van der Waals surface area contributed by atoms with Gasteiger partial charge in [-0.3, -0.25) is 4.72 Å². The molecule has 20 heavy (non-hydrogen) atoms. The molecule has 0 saturated carbocycles. The van der Waals surface area contributed by atoms with E-state index in [1.807, 2.05) is 0 Å². The third kappa shape index (κ3) is 3.95. The summed E-state index contributed by atoms with van der Waals surface area (Å²) in [6.07, 6.45) is 0. The number of hydrogen-bond acceptors (Lipinski definition) is 5. The van der Waals surface area contributed by atoms with Gasteiger partial charge >= 0.3 is 0 Å². The smallest absolute Gasteiger partial charge is 0.237 e. The molecule has 0 unspecified atom stereocenters. The lowest BCUT2D eigenvalue weighted by atomic mass is 10.3. The number of rotatable bonds is 6. The van der Waals surface area contributed by atoms with E-state index in [2.05, 4.69) is 9.88 Å². The van der Waals surface area contributed by atoms with Gasteiger partial charge in [-0.05, 0) is 19.1 Å². The molecule has 0 atom stereocenters. The van der Waals surface area contributed by atoms with Crippen molar-refractivity contribution in [2.24, 2.45) is 0 Å². The summed E-state index contributed by atoms with van der Waals surface area (Å²) in [6, 6.07) is 7.24. The largest absolute Gasteiger partial charge is 0.489 e. The predicted octanol–water partition coefficient (Wildman–Crippen LogP) is 1.94. The molecule has 0 bridgehead atoms. The third-order valence-electron chi connectivity index (χ3n) is 2.33. The molecule has 0 amide bonds. The Kier molecular flexibility index (Phi) is 4.23. The summed E-state index contributed by atoms with van der Waals surface area (Å²) in [5, 5.41) is 3.52. The van der Waals surface area contributed by atoms with Crippen molar-refractivity contribution in [2.45, 2.75) is 6.92 Å². The molecule has 0 aliphatic carbocycles. The highest BCUT2D eigenvalue weighted by atomic mass is 32.2. The Hall–Kier alpha value is -2.09. The van der Waals surface area contributed by atoms with E-state index in [1.54, 1.807) is 13.0 Å². The van der Waals surface area contributed by atoms with Crippen LogP contribution in [0.3, 0.4) is 0 Å². The van der Waals surface area contributed by atoms with Gasteiger partial charge in [-0.15, -0.1) is 0 Å². The van der Waals surface area contributed by atoms with Crippen LogP contribution in [0.25, 0.3) is 0 Å². The number of anilines is 1. The van der Waals surface area contributed by atoms with Gasteiger partial charge in [0.05, 0.1) is 0 Å². The van der Waals surface area contributed by atoms with Crippen molar-refractivity contribution in [2.75, 3.05) is 17.1 Å². The molecular formula is C12H13FN2O4S. The van der Waals surface area contributed by atoms with Crippen LogP contribution in [0.5, 0.6) is 5.75 Å². The molecule has 8 heteroatoms. The van der Waals surface area contributed by atoms with Crippen molar-refractivity contribution in [3.8, 4) is 5.75 Å². The van der Waals surface area contributed by atoms with Crippen LogP contribution in [0.2, 0.25) is 0 Å². The second-order valence-corrected chi connectivity index (χ2v) is 5.86. The Morgan fingerprint density at radius 1 is 1.40 bits per heavy atom. The van der Waals surface area contributed by atoms with Crippen LogP contribution in [0, 0.1) is 12.7 Å². The van der Waals surface area contributed by atoms with Crippen molar-refractivity contribution < 1.29 is 22.1 Å². The lowest BCUT2D eigenvalue weighted by Crippen LogP contribution is -2.21. The fourth-order valence-corrected chi connectivity index (χ4v) is 2.27. The van der Waals surface area contributed by atoms with Crippen molar-refractivity contribution in [3.63, 3.8) is 0 Å². The van der Waals surface area contributed by atoms with Gasteiger partial charge in [0.15, 0.2) is 17.4 Å². The lowest BCUT2D eigenvalue weighted by Gasteiger charge is -2.08. The first-order valence-corrected chi connectivity index (χ1v) is 7.43. The first kappa shape index (κ1) is 14.3. The summed E-state index contributed by atoms with van der Waals surface area (Å²) in [6.45, 7) is 1.47. The topological polar surface area (TPSA) is 81.4 Å². The number of nitrogens with one attached hydrogen (secondary N) is 1. The van der Waals surface area contributed by atoms with E-state index in [0.29, 0.717) is 5.76 Å². The molecule has 1 N–H and O–H groups in total. The van der Waals surface area contributed by atoms with Crippen LogP contribution in [-0.2, 0) is 10.0 Å². The molecule has 2 aromatic rings. The minimum Gasteiger partial charge on any atom is -0.489 e. The Morgan fingerprint density at radius 2 is 2.15 bits per heavy atom. The van der Waals surface area contributed by atoms with E-state index in [9.17, 15) is 12.8 Å². The fourth-order valence-electron chi connectivity index (χ4n) is 1.45.